The molecule has 2 aromatic rings. The lowest BCUT2D eigenvalue weighted by Gasteiger charge is -2.18. The number of aliphatic hydroxyl groups is 1. The Morgan fingerprint density at radius 2 is 2.10 bits per heavy atom. The van der Waals surface area contributed by atoms with E-state index in [4.69, 9.17) is 9.47 Å². The van der Waals surface area contributed by atoms with Crippen molar-refractivity contribution in [3.05, 3.63) is 59.2 Å². The SMILES string of the molecule is COc1cc(C2Oc3ccccc3C2CO)ccc1C=O. The maximum absolute atomic E-state index is 11.0. The Morgan fingerprint density at radius 3 is 2.81 bits per heavy atom. The molecule has 0 fully saturated rings. The fraction of sp³-hybridized carbons (Fsp3) is 0.235. The van der Waals surface area contributed by atoms with Crippen LogP contribution in [0, 0.1) is 0 Å². The minimum atomic E-state index is -0.276. The van der Waals surface area contributed by atoms with Crippen LogP contribution in [-0.2, 0) is 0 Å². The summed E-state index contributed by atoms with van der Waals surface area (Å²) in [5.41, 5.74) is 2.38. The van der Waals surface area contributed by atoms with E-state index in [0.717, 1.165) is 23.2 Å². The Bertz CT molecular complexity index is 666. The van der Waals surface area contributed by atoms with Crippen molar-refractivity contribution in [1.29, 1.82) is 0 Å². The van der Waals surface area contributed by atoms with Crippen LogP contribution < -0.4 is 9.47 Å². The summed E-state index contributed by atoms with van der Waals surface area (Å²) in [6, 6.07) is 13.0. The molecule has 2 unspecified atom stereocenters. The van der Waals surface area contributed by atoms with Gasteiger partial charge in [-0.05, 0) is 23.8 Å². The summed E-state index contributed by atoms with van der Waals surface area (Å²) in [7, 11) is 1.53. The molecule has 0 amide bonds. The van der Waals surface area contributed by atoms with Crippen LogP contribution in [0.25, 0.3) is 0 Å². The molecule has 0 aliphatic carbocycles. The highest BCUT2D eigenvalue weighted by atomic mass is 16.5. The molecule has 1 N–H and O–H groups in total. The normalized spacial score (nSPS) is 19.7. The van der Waals surface area contributed by atoms with Gasteiger partial charge < -0.3 is 14.6 Å². The van der Waals surface area contributed by atoms with Crippen molar-refractivity contribution in [2.24, 2.45) is 0 Å². The average Bonchev–Trinajstić information content (AvgIpc) is 2.92. The molecule has 1 heterocycles. The Labute approximate surface area is 122 Å². The van der Waals surface area contributed by atoms with Gasteiger partial charge in [-0.2, -0.15) is 0 Å². The maximum atomic E-state index is 11.0. The molecule has 2 atom stereocenters. The first-order valence-electron chi connectivity index (χ1n) is 6.78. The van der Waals surface area contributed by atoms with E-state index in [1.165, 1.54) is 7.11 Å². The van der Waals surface area contributed by atoms with Gasteiger partial charge in [0.25, 0.3) is 0 Å². The average molecular weight is 284 g/mol. The number of ether oxygens (including phenoxy) is 2. The van der Waals surface area contributed by atoms with Crippen LogP contribution in [0.1, 0.15) is 33.5 Å². The first-order valence-corrected chi connectivity index (χ1v) is 6.78. The lowest BCUT2D eigenvalue weighted by molar-refractivity contribution is 0.112. The van der Waals surface area contributed by atoms with Gasteiger partial charge in [-0.25, -0.2) is 0 Å². The summed E-state index contributed by atoms with van der Waals surface area (Å²) in [5.74, 6) is 1.19. The molecule has 108 valence electrons. The van der Waals surface area contributed by atoms with Crippen LogP contribution in [0.2, 0.25) is 0 Å². The van der Waals surface area contributed by atoms with Gasteiger partial charge in [-0.1, -0.05) is 24.3 Å². The summed E-state index contributed by atoms with van der Waals surface area (Å²) < 4.78 is 11.2. The molecule has 0 radical (unpaired) electrons. The molecule has 3 rings (SSSR count). The highest BCUT2D eigenvalue weighted by molar-refractivity contribution is 5.79. The lowest BCUT2D eigenvalue weighted by Crippen LogP contribution is -2.13. The number of methoxy groups -OCH3 is 1. The molecule has 4 heteroatoms. The van der Waals surface area contributed by atoms with Crippen molar-refractivity contribution in [3.63, 3.8) is 0 Å². The zero-order valence-electron chi connectivity index (χ0n) is 11.7. The van der Waals surface area contributed by atoms with Crippen LogP contribution in [0.5, 0.6) is 11.5 Å². The predicted octanol–water partition coefficient (Wildman–Crippen LogP) is 2.72. The molecule has 1 aliphatic rings. The van der Waals surface area contributed by atoms with Gasteiger partial charge in [-0.15, -0.1) is 0 Å². The molecule has 0 bridgehead atoms. The highest BCUT2D eigenvalue weighted by Gasteiger charge is 2.35. The third-order valence-electron chi connectivity index (χ3n) is 3.85. The Hall–Kier alpha value is -2.33. The quantitative estimate of drug-likeness (QED) is 0.877. The number of rotatable bonds is 4. The highest BCUT2D eigenvalue weighted by Crippen LogP contribution is 2.46. The lowest BCUT2D eigenvalue weighted by atomic mass is 9.91. The number of carbonyl (C=O) groups is 1. The molecule has 4 nitrogen and oxygen atoms in total. The zero-order chi connectivity index (χ0) is 14.8. The number of carbonyl (C=O) groups excluding carboxylic acids is 1. The molecule has 21 heavy (non-hydrogen) atoms. The van der Waals surface area contributed by atoms with E-state index in [1.807, 2.05) is 30.3 Å². The van der Waals surface area contributed by atoms with Crippen LogP contribution >= 0.6 is 0 Å². The second kappa shape index (κ2) is 5.58. The van der Waals surface area contributed by atoms with Crippen LogP contribution in [0.4, 0.5) is 0 Å². The molecule has 0 spiro atoms. The van der Waals surface area contributed by atoms with Crippen molar-refractivity contribution in [3.8, 4) is 11.5 Å². The minimum absolute atomic E-state index is 0.000568. The molecular formula is C17H16O4. The van der Waals surface area contributed by atoms with Crippen molar-refractivity contribution >= 4 is 6.29 Å². The van der Waals surface area contributed by atoms with E-state index in [9.17, 15) is 9.90 Å². The predicted molar refractivity (Wildman–Crippen MR) is 78.0 cm³/mol. The summed E-state index contributed by atoms with van der Waals surface area (Å²) >= 11 is 0. The number of fused-ring (bicyclic) bond motifs is 1. The first-order chi connectivity index (χ1) is 10.3. The summed E-state index contributed by atoms with van der Waals surface area (Å²) in [4.78, 5) is 11.0. The smallest absolute Gasteiger partial charge is 0.153 e. The second-order valence-corrected chi connectivity index (χ2v) is 4.98. The van der Waals surface area contributed by atoms with E-state index in [2.05, 4.69) is 0 Å². The number of aldehydes is 1. The molecule has 0 aromatic heterocycles. The minimum Gasteiger partial charge on any atom is -0.496 e. The van der Waals surface area contributed by atoms with Gasteiger partial charge in [0, 0.05) is 5.56 Å². The molecule has 2 aromatic carbocycles. The second-order valence-electron chi connectivity index (χ2n) is 4.98. The summed E-state index contributed by atoms with van der Waals surface area (Å²) in [5, 5.41) is 9.70. The molecule has 1 aliphatic heterocycles. The zero-order valence-corrected chi connectivity index (χ0v) is 11.7. The number of hydrogen-bond acceptors (Lipinski definition) is 4. The van der Waals surface area contributed by atoms with E-state index in [-0.39, 0.29) is 18.6 Å². The van der Waals surface area contributed by atoms with Crippen molar-refractivity contribution in [1.82, 2.24) is 0 Å². The van der Waals surface area contributed by atoms with Gasteiger partial charge in [-0.3, -0.25) is 4.79 Å². The number of benzene rings is 2. The van der Waals surface area contributed by atoms with Crippen LogP contribution in [0.3, 0.4) is 0 Å². The fourth-order valence-electron chi connectivity index (χ4n) is 2.77. The van der Waals surface area contributed by atoms with E-state index >= 15 is 0 Å². The topological polar surface area (TPSA) is 55.8 Å². The number of aliphatic hydroxyl groups excluding tert-OH is 1. The van der Waals surface area contributed by atoms with Crippen LogP contribution in [0.15, 0.2) is 42.5 Å². The Balaban J connectivity index is 2.00. The fourth-order valence-corrected chi connectivity index (χ4v) is 2.77. The van der Waals surface area contributed by atoms with Gasteiger partial charge in [0.2, 0.25) is 0 Å². The number of para-hydroxylation sites is 1. The van der Waals surface area contributed by atoms with E-state index in [1.54, 1.807) is 12.1 Å². The molecular weight excluding hydrogens is 268 g/mol. The third kappa shape index (κ3) is 2.28. The van der Waals surface area contributed by atoms with Crippen LogP contribution in [-0.4, -0.2) is 25.1 Å². The van der Waals surface area contributed by atoms with Crippen molar-refractivity contribution < 1.29 is 19.4 Å². The molecule has 0 saturated carbocycles. The summed E-state index contributed by atoms with van der Waals surface area (Å²) in [6.07, 6.45) is 0.484. The van der Waals surface area contributed by atoms with Crippen molar-refractivity contribution in [2.75, 3.05) is 13.7 Å². The van der Waals surface area contributed by atoms with Gasteiger partial charge in [0.15, 0.2) is 6.29 Å². The monoisotopic (exact) mass is 284 g/mol. The Morgan fingerprint density at radius 1 is 1.29 bits per heavy atom. The van der Waals surface area contributed by atoms with Gasteiger partial charge in [0.05, 0.1) is 25.2 Å². The van der Waals surface area contributed by atoms with E-state index < -0.39 is 0 Å². The first kappa shape index (κ1) is 13.6. The maximum Gasteiger partial charge on any atom is 0.153 e. The summed E-state index contributed by atoms with van der Waals surface area (Å²) in [6.45, 7) is -0.000568. The number of hydrogen-bond donors (Lipinski definition) is 1. The van der Waals surface area contributed by atoms with Crippen molar-refractivity contribution in [2.45, 2.75) is 12.0 Å². The largest absolute Gasteiger partial charge is 0.496 e. The van der Waals surface area contributed by atoms with Gasteiger partial charge >= 0.3 is 0 Å². The Kier molecular flexibility index (Phi) is 3.62. The third-order valence-corrected chi connectivity index (χ3v) is 3.85. The standard InChI is InChI=1S/C17H16O4/c1-20-16-8-11(6-7-12(16)9-18)17-14(10-19)13-4-2-3-5-15(13)21-17/h2-9,14,17,19H,10H2,1H3. The molecule has 0 saturated heterocycles. The van der Waals surface area contributed by atoms with Gasteiger partial charge in [0.1, 0.15) is 17.6 Å². The van der Waals surface area contributed by atoms with E-state index in [0.29, 0.717) is 11.3 Å².